The summed E-state index contributed by atoms with van der Waals surface area (Å²) in [6.07, 6.45) is -2.12. The maximum Gasteiger partial charge on any atom is 0.422 e. The molecule has 0 unspecified atom stereocenters. The molecule has 0 amide bonds. The highest BCUT2D eigenvalue weighted by atomic mass is 127. The molecule has 0 aliphatic heterocycles. The lowest BCUT2D eigenvalue weighted by atomic mass is 10.1. The van der Waals surface area contributed by atoms with Crippen molar-refractivity contribution in [2.24, 2.45) is 4.99 Å². The Hall–Kier alpha value is -1.95. The summed E-state index contributed by atoms with van der Waals surface area (Å²) >= 11 is 0. The topological polar surface area (TPSA) is 68.0 Å². The second-order valence-corrected chi connectivity index (χ2v) is 6.36. The van der Waals surface area contributed by atoms with E-state index in [4.69, 9.17) is 13.9 Å². The molecule has 1 heterocycles. The van der Waals surface area contributed by atoms with Crippen molar-refractivity contribution in [1.29, 1.82) is 0 Å². The monoisotopic (exact) mass is 541 g/mol. The first-order chi connectivity index (χ1) is 13.9. The van der Waals surface area contributed by atoms with Gasteiger partial charge in [-0.1, -0.05) is 12.1 Å². The van der Waals surface area contributed by atoms with E-state index < -0.39 is 12.8 Å². The first-order valence-electron chi connectivity index (χ1n) is 9.20. The quantitative estimate of drug-likeness (QED) is 0.206. The maximum atomic E-state index is 12.5. The lowest BCUT2D eigenvalue weighted by Crippen LogP contribution is -2.40. The summed E-state index contributed by atoms with van der Waals surface area (Å²) in [5.41, 5.74) is 1.38. The summed E-state index contributed by atoms with van der Waals surface area (Å²) in [6, 6.07) is 8.82. The van der Waals surface area contributed by atoms with Crippen LogP contribution < -0.4 is 15.4 Å². The third kappa shape index (κ3) is 10.2. The van der Waals surface area contributed by atoms with Crippen LogP contribution in [0.4, 0.5) is 13.2 Å². The number of hydrogen-bond donors (Lipinski definition) is 2. The number of aryl methyl sites for hydroxylation is 1. The molecule has 0 atom stereocenters. The van der Waals surface area contributed by atoms with Crippen LogP contribution >= 0.6 is 24.0 Å². The van der Waals surface area contributed by atoms with Gasteiger partial charge in [-0.2, -0.15) is 13.2 Å². The molecule has 168 valence electrons. The Bertz CT molecular complexity index is 768. The van der Waals surface area contributed by atoms with E-state index in [9.17, 15) is 13.2 Å². The smallest absolute Gasteiger partial charge is 0.422 e. The van der Waals surface area contributed by atoms with E-state index in [-0.39, 0.29) is 36.3 Å². The predicted molar refractivity (Wildman–Crippen MR) is 120 cm³/mol. The fourth-order valence-corrected chi connectivity index (χ4v) is 2.46. The van der Waals surface area contributed by atoms with Crippen molar-refractivity contribution in [2.45, 2.75) is 26.1 Å². The number of ether oxygens (including phenoxy) is 2. The number of rotatable bonds is 10. The number of hydrogen-bond acceptors (Lipinski definition) is 4. The lowest BCUT2D eigenvalue weighted by molar-refractivity contribution is -0.153. The molecule has 0 bridgehead atoms. The van der Waals surface area contributed by atoms with E-state index in [0.717, 1.165) is 11.3 Å². The molecule has 0 aliphatic carbocycles. The van der Waals surface area contributed by atoms with Crippen LogP contribution in [0.15, 0.2) is 46.0 Å². The summed E-state index contributed by atoms with van der Waals surface area (Å²) in [4.78, 5) is 4.47. The van der Waals surface area contributed by atoms with Crippen LogP contribution in [-0.2, 0) is 17.7 Å². The van der Waals surface area contributed by atoms with Gasteiger partial charge in [-0.3, -0.25) is 0 Å². The molecule has 6 nitrogen and oxygen atoms in total. The summed E-state index contributed by atoms with van der Waals surface area (Å²) < 4.78 is 52.9. The Kier molecular flexibility index (Phi) is 11.6. The Balaban J connectivity index is 0.00000450. The van der Waals surface area contributed by atoms with Crippen LogP contribution in [0.5, 0.6) is 5.75 Å². The number of benzene rings is 1. The van der Waals surface area contributed by atoms with Crippen LogP contribution in [0.3, 0.4) is 0 Å². The minimum atomic E-state index is -4.40. The number of nitrogens with zero attached hydrogens (tertiary/aromatic N) is 1. The van der Waals surface area contributed by atoms with Gasteiger partial charge in [0.05, 0.1) is 19.4 Å². The SMILES string of the molecule is COCCNC(=NCc1ccc(C)cc1OCC(F)(F)F)NCCc1ccco1.I. The molecule has 0 fully saturated rings. The third-order valence-electron chi connectivity index (χ3n) is 3.86. The van der Waals surface area contributed by atoms with Gasteiger partial charge in [0.1, 0.15) is 11.5 Å². The van der Waals surface area contributed by atoms with Gasteiger partial charge < -0.3 is 24.5 Å². The fraction of sp³-hybridized carbons (Fsp3) is 0.450. The van der Waals surface area contributed by atoms with E-state index >= 15 is 0 Å². The van der Waals surface area contributed by atoms with Crippen molar-refractivity contribution in [3.63, 3.8) is 0 Å². The second-order valence-electron chi connectivity index (χ2n) is 6.36. The zero-order valence-electron chi connectivity index (χ0n) is 16.9. The fourth-order valence-electron chi connectivity index (χ4n) is 2.46. The van der Waals surface area contributed by atoms with Crippen molar-refractivity contribution in [1.82, 2.24) is 10.6 Å². The maximum absolute atomic E-state index is 12.5. The van der Waals surface area contributed by atoms with E-state index in [0.29, 0.717) is 37.6 Å². The molecular weight excluding hydrogens is 514 g/mol. The van der Waals surface area contributed by atoms with Gasteiger partial charge in [0.2, 0.25) is 0 Å². The summed E-state index contributed by atoms with van der Waals surface area (Å²) in [7, 11) is 1.60. The third-order valence-corrected chi connectivity index (χ3v) is 3.86. The molecule has 10 heteroatoms. The number of aliphatic imine (C=N–C) groups is 1. The number of alkyl halides is 3. The van der Waals surface area contributed by atoms with Crippen molar-refractivity contribution < 1.29 is 27.1 Å². The van der Waals surface area contributed by atoms with Gasteiger partial charge in [0, 0.05) is 32.2 Å². The lowest BCUT2D eigenvalue weighted by Gasteiger charge is -2.15. The second kappa shape index (κ2) is 13.4. The Morgan fingerprint density at radius 2 is 1.93 bits per heavy atom. The van der Waals surface area contributed by atoms with Crippen LogP contribution in [0.25, 0.3) is 0 Å². The highest BCUT2D eigenvalue weighted by Crippen LogP contribution is 2.24. The average Bonchev–Trinajstić information content (AvgIpc) is 3.18. The molecule has 0 aliphatic rings. The first-order valence-corrected chi connectivity index (χ1v) is 9.20. The molecular formula is C20H27F3IN3O3. The molecule has 0 radical (unpaired) electrons. The van der Waals surface area contributed by atoms with Gasteiger partial charge >= 0.3 is 6.18 Å². The van der Waals surface area contributed by atoms with Crippen LogP contribution in [0, 0.1) is 6.92 Å². The number of furan rings is 1. The molecule has 0 spiro atoms. The van der Waals surface area contributed by atoms with E-state index in [1.54, 1.807) is 32.4 Å². The Labute approximate surface area is 191 Å². The number of halogens is 4. The molecule has 1 aromatic carbocycles. The van der Waals surface area contributed by atoms with Gasteiger partial charge in [0.15, 0.2) is 12.6 Å². The standard InChI is InChI=1S/C20H26F3N3O3.HI/c1-15-5-6-16(18(12-15)29-14-20(21,22)23)13-26-19(25-9-11-27-2)24-8-7-17-4-3-10-28-17;/h3-6,10,12H,7-9,11,13-14H2,1-2H3,(H2,24,25,26);1H. The molecule has 0 saturated carbocycles. The highest BCUT2D eigenvalue weighted by Gasteiger charge is 2.28. The van der Waals surface area contributed by atoms with Gasteiger partial charge in [-0.25, -0.2) is 4.99 Å². The summed E-state index contributed by atoms with van der Waals surface area (Å²) in [6.45, 7) is 2.22. The van der Waals surface area contributed by atoms with Crippen molar-refractivity contribution in [3.8, 4) is 5.75 Å². The van der Waals surface area contributed by atoms with Crippen molar-refractivity contribution >= 4 is 29.9 Å². The molecule has 2 N–H and O–H groups in total. The molecule has 30 heavy (non-hydrogen) atoms. The van der Waals surface area contributed by atoms with E-state index in [2.05, 4.69) is 15.6 Å². The Morgan fingerprint density at radius 1 is 1.17 bits per heavy atom. The number of nitrogens with one attached hydrogen (secondary N) is 2. The zero-order chi connectivity index (χ0) is 21.1. The van der Waals surface area contributed by atoms with Gasteiger partial charge in [-0.05, 0) is 30.7 Å². The van der Waals surface area contributed by atoms with Crippen LogP contribution in [0.2, 0.25) is 0 Å². The largest absolute Gasteiger partial charge is 0.484 e. The minimum absolute atomic E-state index is 0. The Morgan fingerprint density at radius 3 is 2.60 bits per heavy atom. The minimum Gasteiger partial charge on any atom is -0.484 e. The van der Waals surface area contributed by atoms with Crippen molar-refractivity contribution in [2.75, 3.05) is 33.4 Å². The summed E-state index contributed by atoms with van der Waals surface area (Å²) in [5, 5.41) is 6.30. The van der Waals surface area contributed by atoms with Gasteiger partial charge in [-0.15, -0.1) is 24.0 Å². The van der Waals surface area contributed by atoms with E-state index in [1.807, 2.05) is 18.2 Å². The van der Waals surface area contributed by atoms with Crippen molar-refractivity contribution in [3.05, 3.63) is 53.5 Å². The molecule has 2 rings (SSSR count). The van der Waals surface area contributed by atoms with Gasteiger partial charge in [0.25, 0.3) is 0 Å². The number of methoxy groups -OCH3 is 1. The first kappa shape index (κ1) is 26.1. The number of guanidine groups is 1. The highest BCUT2D eigenvalue weighted by molar-refractivity contribution is 14.0. The average molecular weight is 541 g/mol. The van der Waals surface area contributed by atoms with E-state index in [1.165, 1.54) is 0 Å². The normalized spacial score (nSPS) is 11.7. The zero-order valence-corrected chi connectivity index (χ0v) is 19.3. The molecule has 2 aromatic rings. The van der Waals surface area contributed by atoms with Crippen LogP contribution in [-0.4, -0.2) is 45.5 Å². The molecule has 1 aromatic heterocycles. The molecule has 0 saturated heterocycles. The van der Waals surface area contributed by atoms with Crippen LogP contribution in [0.1, 0.15) is 16.9 Å². The summed E-state index contributed by atoms with van der Waals surface area (Å²) in [5.74, 6) is 1.55. The predicted octanol–water partition coefficient (Wildman–Crippen LogP) is 4.07.